The number of aryl methyl sites for hydroxylation is 1. The zero-order valence-corrected chi connectivity index (χ0v) is 16.2. The van der Waals surface area contributed by atoms with Crippen molar-refractivity contribution < 1.29 is 4.79 Å². The van der Waals surface area contributed by atoms with Crippen molar-refractivity contribution in [3.05, 3.63) is 23.7 Å². The first-order chi connectivity index (χ1) is 13.5. The van der Waals surface area contributed by atoms with Gasteiger partial charge in [0.05, 0.1) is 11.8 Å². The molecule has 1 aliphatic heterocycles. The third-order valence-electron chi connectivity index (χ3n) is 5.36. The summed E-state index contributed by atoms with van der Waals surface area (Å²) in [4.78, 5) is 22.6. The second-order valence-electron chi connectivity index (χ2n) is 7.35. The van der Waals surface area contributed by atoms with Crippen LogP contribution in [0.4, 0.5) is 11.8 Å². The van der Waals surface area contributed by atoms with Gasteiger partial charge >= 0.3 is 0 Å². The topological polar surface area (TPSA) is 130 Å². The second kappa shape index (κ2) is 8.69. The van der Waals surface area contributed by atoms with Gasteiger partial charge in [0, 0.05) is 50.4 Å². The van der Waals surface area contributed by atoms with Gasteiger partial charge in [-0.3, -0.25) is 4.79 Å². The summed E-state index contributed by atoms with van der Waals surface area (Å²) in [6.07, 6.45) is 6.57. The number of nitrogens with one attached hydrogen (secondary N) is 4. The third-order valence-corrected chi connectivity index (χ3v) is 5.36. The van der Waals surface area contributed by atoms with Crippen molar-refractivity contribution in [1.29, 1.82) is 10.7 Å². The Morgan fingerprint density at radius 1 is 1.43 bits per heavy atom. The van der Waals surface area contributed by atoms with Gasteiger partial charge < -0.3 is 26.3 Å². The molecule has 9 nitrogen and oxygen atoms in total. The molecule has 148 valence electrons. The lowest BCUT2D eigenvalue weighted by molar-refractivity contribution is -0.129. The highest BCUT2D eigenvalue weighted by atomic mass is 16.2. The number of fused-ring (bicyclic) bond motifs is 1. The standard InChI is InChI=1S/C19H26N8O/c1-12-8-23-19(25-16(7-21)9-22-2)26-18(12)24-15-5-13-10-27(11-14(13)6-15)17(28)3-4-20/h7-9,13-15,21-22H,3,5-6,10-11H2,1-2H3,(H2,23,24,25,26)/b16-9+,21-7?. The van der Waals surface area contributed by atoms with Gasteiger partial charge in [-0.2, -0.15) is 10.2 Å². The number of hydrogen-bond acceptors (Lipinski definition) is 8. The summed E-state index contributed by atoms with van der Waals surface area (Å²) < 4.78 is 0. The highest BCUT2D eigenvalue weighted by Gasteiger charge is 2.42. The van der Waals surface area contributed by atoms with Crippen molar-refractivity contribution in [2.24, 2.45) is 11.8 Å². The van der Waals surface area contributed by atoms with Crippen LogP contribution in [0.25, 0.3) is 0 Å². The average molecular weight is 382 g/mol. The van der Waals surface area contributed by atoms with E-state index in [1.165, 1.54) is 6.21 Å². The number of anilines is 2. The van der Waals surface area contributed by atoms with Crippen LogP contribution in [-0.4, -0.2) is 53.2 Å². The maximum Gasteiger partial charge on any atom is 0.236 e. The largest absolute Gasteiger partial charge is 0.392 e. The molecule has 2 fully saturated rings. The molecular weight excluding hydrogens is 356 g/mol. The Bertz CT molecular complexity index is 801. The molecule has 0 radical (unpaired) electrons. The number of hydrogen-bond donors (Lipinski definition) is 4. The van der Waals surface area contributed by atoms with E-state index in [1.54, 1.807) is 19.4 Å². The molecule has 0 bridgehead atoms. The SMILES string of the molecule is CN/C=C(\C=N)Nc1ncc(C)c(NC2CC3CN(C(=O)CC#N)CC3C2)n1. The molecule has 1 aliphatic carbocycles. The van der Waals surface area contributed by atoms with Gasteiger partial charge in [0.2, 0.25) is 11.9 Å². The van der Waals surface area contributed by atoms with Crippen LogP contribution in [0.1, 0.15) is 24.8 Å². The molecule has 2 aliphatic rings. The number of carbonyl (C=O) groups excluding carboxylic acids is 1. The summed E-state index contributed by atoms with van der Waals surface area (Å²) in [5, 5.41) is 25.6. The smallest absolute Gasteiger partial charge is 0.236 e. The van der Waals surface area contributed by atoms with Crippen LogP contribution in [-0.2, 0) is 4.79 Å². The Balaban J connectivity index is 1.61. The molecular formula is C19H26N8O. The number of nitriles is 1. The molecule has 2 unspecified atom stereocenters. The van der Waals surface area contributed by atoms with Gasteiger partial charge in [-0.1, -0.05) is 0 Å². The Kier molecular flexibility index (Phi) is 6.09. The number of nitrogens with zero attached hydrogens (tertiary/aromatic N) is 4. The number of rotatable bonds is 7. The fourth-order valence-electron chi connectivity index (χ4n) is 4.04. The lowest BCUT2D eigenvalue weighted by Crippen LogP contribution is -2.30. The zero-order chi connectivity index (χ0) is 20.1. The number of allylic oxidation sites excluding steroid dienone is 1. The second-order valence-corrected chi connectivity index (χ2v) is 7.35. The Hall–Kier alpha value is -3.15. The summed E-state index contributed by atoms with van der Waals surface area (Å²) in [5.74, 6) is 2.12. The molecule has 1 saturated carbocycles. The van der Waals surface area contributed by atoms with Gasteiger partial charge in [-0.25, -0.2) is 4.98 Å². The lowest BCUT2D eigenvalue weighted by Gasteiger charge is -2.20. The van der Waals surface area contributed by atoms with Crippen molar-refractivity contribution in [1.82, 2.24) is 20.2 Å². The van der Waals surface area contributed by atoms with Crippen LogP contribution >= 0.6 is 0 Å². The minimum atomic E-state index is -0.0552. The van der Waals surface area contributed by atoms with Gasteiger partial charge in [0.25, 0.3) is 0 Å². The number of amides is 1. The van der Waals surface area contributed by atoms with E-state index in [1.807, 2.05) is 17.9 Å². The Morgan fingerprint density at radius 2 is 2.14 bits per heavy atom. The quantitative estimate of drug-likeness (QED) is 0.525. The van der Waals surface area contributed by atoms with Gasteiger partial charge in [0.15, 0.2) is 0 Å². The van der Waals surface area contributed by atoms with Crippen molar-refractivity contribution in [3.8, 4) is 6.07 Å². The highest BCUT2D eigenvalue weighted by molar-refractivity contribution is 5.79. The van der Waals surface area contributed by atoms with E-state index >= 15 is 0 Å². The van der Waals surface area contributed by atoms with E-state index in [2.05, 4.69) is 25.9 Å². The average Bonchev–Trinajstić information content (AvgIpc) is 3.23. The molecule has 0 spiro atoms. The van der Waals surface area contributed by atoms with Crippen molar-refractivity contribution in [3.63, 3.8) is 0 Å². The Labute approximate surface area is 164 Å². The normalized spacial score (nSPS) is 23.7. The summed E-state index contributed by atoms with van der Waals surface area (Å²) in [6.45, 7) is 3.46. The van der Waals surface area contributed by atoms with Crippen LogP contribution in [0, 0.1) is 35.5 Å². The number of aromatic nitrogens is 2. The van der Waals surface area contributed by atoms with E-state index in [-0.39, 0.29) is 12.3 Å². The van der Waals surface area contributed by atoms with Crippen molar-refractivity contribution >= 4 is 23.9 Å². The fraction of sp³-hybridized carbons (Fsp3) is 0.526. The number of carbonyl (C=O) groups is 1. The summed E-state index contributed by atoms with van der Waals surface area (Å²) in [5.41, 5.74) is 1.53. The summed E-state index contributed by atoms with van der Waals surface area (Å²) in [6, 6.07) is 2.25. The van der Waals surface area contributed by atoms with Crippen LogP contribution in [0.5, 0.6) is 0 Å². The molecule has 9 heteroatoms. The van der Waals surface area contributed by atoms with Crippen LogP contribution in [0.15, 0.2) is 18.1 Å². The van der Waals surface area contributed by atoms with Crippen LogP contribution in [0.3, 0.4) is 0 Å². The molecule has 1 aromatic rings. The van der Waals surface area contributed by atoms with Gasteiger partial charge in [-0.05, 0) is 31.6 Å². The van der Waals surface area contributed by atoms with E-state index in [9.17, 15) is 4.79 Å². The van der Waals surface area contributed by atoms with Crippen LogP contribution < -0.4 is 16.0 Å². The van der Waals surface area contributed by atoms with E-state index in [4.69, 9.17) is 10.7 Å². The predicted octanol–water partition coefficient (Wildman–Crippen LogP) is 1.47. The molecule has 1 aromatic heterocycles. The molecule has 4 N–H and O–H groups in total. The maximum absolute atomic E-state index is 11.9. The molecule has 2 atom stereocenters. The molecule has 1 saturated heterocycles. The summed E-state index contributed by atoms with van der Waals surface area (Å²) in [7, 11) is 1.76. The predicted molar refractivity (Wildman–Crippen MR) is 107 cm³/mol. The van der Waals surface area contributed by atoms with Crippen LogP contribution in [0.2, 0.25) is 0 Å². The molecule has 0 aromatic carbocycles. The molecule has 3 rings (SSSR count). The molecule has 1 amide bonds. The number of likely N-dealkylation sites (tertiary alicyclic amines) is 1. The van der Waals surface area contributed by atoms with Gasteiger partial charge in [-0.15, -0.1) is 0 Å². The molecule has 28 heavy (non-hydrogen) atoms. The monoisotopic (exact) mass is 382 g/mol. The fourth-order valence-corrected chi connectivity index (χ4v) is 4.04. The first-order valence-corrected chi connectivity index (χ1v) is 9.43. The first kappa shape index (κ1) is 19.6. The van der Waals surface area contributed by atoms with Crippen molar-refractivity contribution in [2.45, 2.75) is 32.2 Å². The highest BCUT2D eigenvalue weighted by Crippen LogP contribution is 2.39. The minimum Gasteiger partial charge on any atom is -0.392 e. The van der Waals surface area contributed by atoms with Crippen molar-refractivity contribution in [2.75, 3.05) is 30.8 Å². The zero-order valence-electron chi connectivity index (χ0n) is 16.2. The lowest BCUT2D eigenvalue weighted by atomic mass is 10.0. The maximum atomic E-state index is 11.9. The van der Waals surface area contributed by atoms with E-state index in [0.29, 0.717) is 29.5 Å². The van der Waals surface area contributed by atoms with E-state index < -0.39 is 0 Å². The first-order valence-electron chi connectivity index (χ1n) is 9.43. The van der Waals surface area contributed by atoms with Gasteiger partial charge in [0.1, 0.15) is 12.2 Å². The third kappa shape index (κ3) is 4.39. The van der Waals surface area contributed by atoms with E-state index in [0.717, 1.165) is 37.3 Å². The minimum absolute atomic E-state index is 0.0310. The molecule has 2 heterocycles. The Morgan fingerprint density at radius 3 is 2.75 bits per heavy atom. The summed E-state index contributed by atoms with van der Waals surface area (Å²) >= 11 is 0.